The van der Waals surface area contributed by atoms with Gasteiger partial charge in [0.05, 0.1) is 0 Å². The first kappa shape index (κ1) is 11.7. The van der Waals surface area contributed by atoms with Crippen molar-refractivity contribution in [2.24, 2.45) is 0 Å². The van der Waals surface area contributed by atoms with Crippen LogP contribution in [0.1, 0.15) is 12.8 Å². The molecule has 1 unspecified atom stereocenters. The van der Waals surface area contributed by atoms with Gasteiger partial charge < -0.3 is 10.5 Å². The van der Waals surface area contributed by atoms with Crippen molar-refractivity contribution in [3.8, 4) is 0 Å². The van der Waals surface area contributed by atoms with Crippen LogP contribution in [-0.2, 0) is 4.74 Å². The van der Waals surface area contributed by atoms with Crippen LogP contribution in [0, 0.1) is 0 Å². The number of nitrogens with two attached hydrogens (primary N) is 1. The number of carbonyl (C=O) groups excluding carboxylic acids is 1. The molecule has 2 heterocycles. The van der Waals surface area contributed by atoms with Gasteiger partial charge in [-0.15, -0.1) is 0 Å². The Balaban J connectivity index is 1.76. The molecule has 1 atom stereocenters. The van der Waals surface area contributed by atoms with Crippen LogP contribution in [-0.4, -0.2) is 29.7 Å². The Labute approximate surface area is 110 Å². The summed E-state index contributed by atoms with van der Waals surface area (Å²) in [6.45, 7) is 0.726. The Kier molecular flexibility index (Phi) is 2.86. The van der Waals surface area contributed by atoms with E-state index in [1.807, 2.05) is 23.9 Å². The molecule has 2 aliphatic rings. The van der Waals surface area contributed by atoms with Gasteiger partial charge in [0.25, 0.3) is 0 Å². The number of anilines is 2. The van der Waals surface area contributed by atoms with Crippen molar-refractivity contribution in [2.75, 3.05) is 28.7 Å². The molecule has 2 aliphatic heterocycles. The molecule has 0 aromatic heterocycles. The molecule has 2 saturated heterocycles. The molecule has 96 valence electrons. The fourth-order valence-electron chi connectivity index (χ4n) is 2.45. The highest BCUT2D eigenvalue weighted by molar-refractivity contribution is 7.99. The van der Waals surface area contributed by atoms with Crippen LogP contribution in [0.3, 0.4) is 0 Å². The molecule has 1 spiro atoms. The highest BCUT2D eigenvalue weighted by Gasteiger charge is 2.43. The zero-order chi connectivity index (χ0) is 12.6. The summed E-state index contributed by atoms with van der Waals surface area (Å²) in [7, 11) is 0. The maximum absolute atomic E-state index is 12.1. The molecule has 2 N–H and O–H groups in total. The monoisotopic (exact) mass is 264 g/mol. The summed E-state index contributed by atoms with van der Waals surface area (Å²) in [6, 6.07) is 7.33. The molecule has 0 bridgehead atoms. The molecule has 0 radical (unpaired) electrons. The highest BCUT2D eigenvalue weighted by Crippen LogP contribution is 2.38. The summed E-state index contributed by atoms with van der Waals surface area (Å²) < 4.78 is 5.67. The van der Waals surface area contributed by atoms with E-state index in [0.29, 0.717) is 5.69 Å². The minimum Gasteiger partial charge on any atom is -0.442 e. The molecule has 5 heteroatoms. The van der Waals surface area contributed by atoms with Crippen LogP contribution >= 0.6 is 11.8 Å². The Morgan fingerprint density at radius 3 is 2.67 bits per heavy atom. The fraction of sp³-hybridized carbons (Fsp3) is 0.462. The SMILES string of the molecule is Nc1ccc(N2CCC3(CCSC3)OC2=O)cc1. The topological polar surface area (TPSA) is 55.6 Å². The summed E-state index contributed by atoms with van der Waals surface area (Å²) in [4.78, 5) is 13.8. The number of rotatable bonds is 1. The van der Waals surface area contributed by atoms with E-state index in [4.69, 9.17) is 10.5 Å². The van der Waals surface area contributed by atoms with Gasteiger partial charge in [0.15, 0.2) is 0 Å². The van der Waals surface area contributed by atoms with Crippen molar-refractivity contribution >= 4 is 29.2 Å². The molecular weight excluding hydrogens is 248 g/mol. The second kappa shape index (κ2) is 4.39. The molecule has 1 amide bonds. The van der Waals surface area contributed by atoms with Gasteiger partial charge in [-0.25, -0.2) is 4.79 Å². The number of carbonyl (C=O) groups is 1. The van der Waals surface area contributed by atoms with Crippen molar-refractivity contribution in [3.05, 3.63) is 24.3 Å². The van der Waals surface area contributed by atoms with Crippen LogP contribution in [0.15, 0.2) is 24.3 Å². The Morgan fingerprint density at radius 1 is 1.28 bits per heavy atom. The molecule has 1 aromatic rings. The van der Waals surface area contributed by atoms with E-state index in [2.05, 4.69) is 0 Å². The maximum atomic E-state index is 12.1. The first-order chi connectivity index (χ1) is 8.69. The molecular formula is C13H16N2O2S. The third kappa shape index (κ3) is 2.03. The van der Waals surface area contributed by atoms with E-state index in [1.54, 1.807) is 17.0 Å². The third-order valence-corrected chi connectivity index (χ3v) is 4.81. The van der Waals surface area contributed by atoms with E-state index in [9.17, 15) is 4.79 Å². The predicted octanol–water partition coefficient (Wildman–Crippen LogP) is 2.49. The lowest BCUT2D eigenvalue weighted by atomic mass is 9.97. The van der Waals surface area contributed by atoms with Crippen LogP contribution in [0.5, 0.6) is 0 Å². The minimum atomic E-state index is -0.228. The maximum Gasteiger partial charge on any atom is 0.414 e. The minimum absolute atomic E-state index is 0.202. The molecule has 0 saturated carbocycles. The van der Waals surface area contributed by atoms with Gasteiger partial charge in [-0.2, -0.15) is 11.8 Å². The largest absolute Gasteiger partial charge is 0.442 e. The Bertz CT molecular complexity index is 455. The Hall–Kier alpha value is -1.36. The van der Waals surface area contributed by atoms with Gasteiger partial charge in [-0.3, -0.25) is 4.90 Å². The lowest BCUT2D eigenvalue weighted by Crippen LogP contribution is -2.49. The Morgan fingerprint density at radius 2 is 2.06 bits per heavy atom. The lowest BCUT2D eigenvalue weighted by molar-refractivity contribution is 0.0153. The average molecular weight is 264 g/mol. The lowest BCUT2D eigenvalue weighted by Gasteiger charge is -2.38. The van der Waals surface area contributed by atoms with Crippen LogP contribution in [0.25, 0.3) is 0 Å². The first-order valence-corrected chi connectivity index (χ1v) is 7.28. The summed E-state index contributed by atoms with van der Waals surface area (Å²) in [5, 5.41) is 0. The second-order valence-corrected chi connectivity index (χ2v) is 5.95. The standard InChI is InChI=1S/C13H16N2O2S/c14-10-1-3-11(4-2-10)15-7-5-13(17-12(15)16)6-8-18-9-13/h1-4H,5-9,14H2. The van der Waals surface area contributed by atoms with Gasteiger partial charge in [0, 0.05) is 30.1 Å². The first-order valence-electron chi connectivity index (χ1n) is 6.12. The number of hydrogen-bond donors (Lipinski definition) is 1. The molecule has 18 heavy (non-hydrogen) atoms. The molecule has 2 fully saturated rings. The predicted molar refractivity (Wildman–Crippen MR) is 74.0 cm³/mol. The summed E-state index contributed by atoms with van der Waals surface area (Å²) in [5.41, 5.74) is 7.00. The molecule has 0 aliphatic carbocycles. The zero-order valence-corrected chi connectivity index (χ0v) is 10.9. The van der Waals surface area contributed by atoms with Gasteiger partial charge in [0.1, 0.15) is 5.60 Å². The van der Waals surface area contributed by atoms with E-state index in [1.165, 1.54) is 0 Å². The zero-order valence-electron chi connectivity index (χ0n) is 10.1. The quantitative estimate of drug-likeness (QED) is 0.792. The molecule has 1 aromatic carbocycles. The summed E-state index contributed by atoms with van der Waals surface area (Å²) in [5.74, 6) is 2.03. The molecule has 4 nitrogen and oxygen atoms in total. The van der Waals surface area contributed by atoms with E-state index in [-0.39, 0.29) is 11.7 Å². The van der Waals surface area contributed by atoms with Crippen LogP contribution in [0.4, 0.5) is 16.2 Å². The van der Waals surface area contributed by atoms with Gasteiger partial charge in [-0.05, 0) is 36.4 Å². The number of nitrogen functional groups attached to an aromatic ring is 1. The summed E-state index contributed by atoms with van der Waals surface area (Å²) in [6.07, 6.45) is 1.67. The number of thioether (sulfide) groups is 1. The van der Waals surface area contributed by atoms with Crippen molar-refractivity contribution < 1.29 is 9.53 Å². The second-order valence-electron chi connectivity index (χ2n) is 4.85. The average Bonchev–Trinajstić information content (AvgIpc) is 2.79. The van der Waals surface area contributed by atoms with E-state index < -0.39 is 0 Å². The summed E-state index contributed by atoms with van der Waals surface area (Å²) >= 11 is 1.87. The normalized spacial score (nSPS) is 27.6. The van der Waals surface area contributed by atoms with Crippen molar-refractivity contribution in [3.63, 3.8) is 0 Å². The third-order valence-electron chi connectivity index (χ3n) is 3.59. The van der Waals surface area contributed by atoms with Crippen molar-refractivity contribution in [1.29, 1.82) is 0 Å². The van der Waals surface area contributed by atoms with Crippen molar-refractivity contribution in [2.45, 2.75) is 18.4 Å². The highest BCUT2D eigenvalue weighted by atomic mass is 32.2. The van der Waals surface area contributed by atoms with Gasteiger partial charge >= 0.3 is 6.09 Å². The fourth-order valence-corrected chi connectivity index (χ4v) is 3.83. The van der Waals surface area contributed by atoms with E-state index in [0.717, 1.165) is 36.6 Å². The number of benzene rings is 1. The smallest absolute Gasteiger partial charge is 0.414 e. The van der Waals surface area contributed by atoms with Gasteiger partial charge in [-0.1, -0.05) is 0 Å². The number of hydrogen-bond acceptors (Lipinski definition) is 4. The number of amides is 1. The van der Waals surface area contributed by atoms with Crippen LogP contribution in [0.2, 0.25) is 0 Å². The van der Waals surface area contributed by atoms with E-state index >= 15 is 0 Å². The number of nitrogens with zero attached hydrogens (tertiary/aromatic N) is 1. The van der Waals surface area contributed by atoms with Crippen LogP contribution < -0.4 is 10.6 Å². The molecule has 3 rings (SSSR count). The van der Waals surface area contributed by atoms with Gasteiger partial charge in [0.2, 0.25) is 0 Å². The number of ether oxygens (including phenoxy) is 1. The van der Waals surface area contributed by atoms with Crippen molar-refractivity contribution in [1.82, 2.24) is 0 Å².